The van der Waals surface area contributed by atoms with E-state index in [-0.39, 0.29) is 24.7 Å². The highest BCUT2D eigenvalue weighted by molar-refractivity contribution is 5.87. The summed E-state index contributed by atoms with van der Waals surface area (Å²) in [7, 11) is 0. The van der Waals surface area contributed by atoms with Gasteiger partial charge in [0, 0.05) is 25.9 Å². The van der Waals surface area contributed by atoms with Gasteiger partial charge in [0.2, 0.25) is 5.91 Å². The highest BCUT2D eigenvalue weighted by Crippen LogP contribution is 2.08. The fourth-order valence-electron chi connectivity index (χ4n) is 1.66. The molecule has 0 aromatic carbocycles. The van der Waals surface area contributed by atoms with Crippen LogP contribution in [0.15, 0.2) is 0 Å². The van der Waals surface area contributed by atoms with E-state index in [2.05, 4.69) is 0 Å². The minimum Gasteiger partial charge on any atom is -0.465 e. The molecule has 2 N–H and O–H groups in total. The van der Waals surface area contributed by atoms with Crippen LogP contribution in [0.4, 0.5) is 0 Å². The quantitative estimate of drug-likeness (QED) is 0.669. The number of ketones is 1. The summed E-state index contributed by atoms with van der Waals surface area (Å²) in [5.41, 5.74) is 5.55. The molecule has 0 radical (unpaired) electrons. The molecule has 1 fully saturated rings. The van der Waals surface area contributed by atoms with Crippen LogP contribution < -0.4 is 5.73 Å². The number of hydrogen-bond acceptors (Lipinski definition) is 5. The van der Waals surface area contributed by atoms with Gasteiger partial charge in [-0.05, 0) is 6.92 Å². The molecule has 1 heterocycles. The predicted octanol–water partition coefficient (Wildman–Crippen LogP) is -0.542. The van der Waals surface area contributed by atoms with Crippen molar-refractivity contribution in [2.45, 2.75) is 32.2 Å². The second kappa shape index (κ2) is 6.34. The SMILES string of the molecule is CCOC(=O)C(N)CC(=O)N1CCC(=O)CC1. The van der Waals surface area contributed by atoms with Crippen molar-refractivity contribution in [1.82, 2.24) is 4.90 Å². The van der Waals surface area contributed by atoms with E-state index < -0.39 is 12.0 Å². The lowest BCUT2D eigenvalue weighted by Crippen LogP contribution is -2.43. The van der Waals surface area contributed by atoms with E-state index in [0.29, 0.717) is 25.9 Å². The van der Waals surface area contributed by atoms with Crippen LogP contribution in [0, 0.1) is 0 Å². The Labute approximate surface area is 100 Å². The molecule has 1 aliphatic rings. The number of piperidine rings is 1. The normalized spacial score (nSPS) is 17.8. The number of nitrogens with two attached hydrogens (primary N) is 1. The summed E-state index contributed by atoms with van der Waals surface area (Å²) in [6.45, 7) is 2.78. The first-order valence-corrected chi connectivity index (χ1v) is 5.76. The lowest BCUT2D eigenvalue weighted by molar-refractivity contribution is -0.148. The first kappa shape index (κ1) is 13.6. The van der Waals surface area contributed by atoms with Crippen molar-refractivity contribution in [3.63, 3.8) is 0 Å². The molecular formula is C11H18N2O4. The number of Topliss-reactive ketones (excluding diaryl/α,β-unsaturated/α-hetero) is 1. The van der Waals surface area contributed by atoms with Crippen LogP contribution in [0.5, 0.6) is 0 Å². The number of likely N-dealkylation sites (tertiary alicyclic amines) is 1. The first-order chi connectivity index (χ1) is 8.04. The molecule has 17 heavy (non-hydrogen) atoms. The number of esters is 1. The second-order valence-corrected chi connectivity index (χ2v) is 3.98. The molecule has 1 amide bonds. The molecule has 0 aliphatic carbocycles. The summed E-state index contributed by atoms with van der Waals surface area (Å²) >= 11 is 0. The van der Waals surface area contributed by atoms with E-state index in [1.807, 2.05) is 0 Å². The topological polar surface area (TPSA) is 89.7 Å². The van der Waals surface area contributed by atoms with Crippen LogP contribution in [0.3, 0.4) is 0 Å². The van der Waals surface area contributed by atoms with Gasteiger partial charge in [-0.1, -0.05) is 0 Å². The molecule has 6 heteroatoms. The Morgan fingerprint density at radius 2 is 2.00 bits per heavy atom. The van der Waals surface area contributed by atoms with Gasteiger partial charge in [-0.3, -0.25) is 14.4 Å². The number of hydrogen-bond donors (Lipinski definition) is 1. The maximum atomic E-state index is 11.8. The third-order valence-electron chi connectivity index (χ3n) is 2.66. The zero-order chi connectivity index (χ0) is 12.8. The summed E-state index contributed by atoms with van der Waals surface area (Å²) in [4.78, 5) is 35.6. The Morgan fingerprint density at radius 3 is 2.53 bits per heavy atom. The molecule has 0 spiro atoms. The Hall–Kier alpha value is -1.43. The third kappa shape index (κ3) is 4.14. The summed E-state index contributed by atoms with van der Waals surface area (Å²) in [6, 6.07) is -0.917. The van der Waals surface area contributed by atoms with Crippen LogP contribution in [0.1, 0.15) is 26.2 Å². The lowest BCUT2D eigenvalue weighted by atomic mass is 10.1. The highest BCUT2D eigenvalue weighted by Gasteiger charge is 2.25. The van der Waals surface area contributed by atoms with Crippen LogP contribution in [-0.4, -0.2) is 48.3 Å². The summed E-state index contributed by atoms with van der Waals surface area (Å²) in [6.07, 6.45) is 0.716. The van der Waals surface area contributed by atoms with Gasteiger partial charge in [0.25, 0.3) is 0 Å². The van der Waals surface area contributed by atoms with E-state index in [4.69, 9.17) is 10.5 Å². The maximum absolute atomic E-state index is 11.8. The number of rotatable bonds is 4. The molecule has 96 valence electrons. The van der Waals surface area contributed by atoms with E-state index >= 15 is 0 Å². The standard InChI is InChI=1S/C11H18N2O4/c1-2-17-11(16)9(12)7-10(15)13-5-3-8(14)4-6-13/h9H,2-7,12H2,1H3. The maximum Gasteiger partial charge on any atom is 0.323 e. The molecule has 1 rings (SSSR count). The number of carbonyl (C=O) groups excluding carboxylic acids is 3. The molecule has 6 nitrogen and oxygen atoms in total. The minimum atomic E-state index is -0.917. The molecule has 1 unspecified atom stereocenters. The molecule has 1 atom stereocenters. The zero-order valence-electron chi connectivity index (χ0n) is 9.98. The predicted molar refractivity (Wildman–Crippen MR) is 60.0 cm³/mol. The zero-order valence-corrected chi connectivity index (χ0v) is 9.98. The van der Waals surface area contributed by atoms with Crippen molar-refractivity contribution in [3.05, 3.63) is 0 Å². The molecule has 0 aromatic rings. The van der Waals surface area contributed by atoms with Crippen molar-refractivity contribution in [2.24, 2.45) is 5.73 Å². The molecular weight excluding hydrogens is 224 g/mol. The fraction of sp³-hybridized carbons (Fsp3) is 0.727. The number of ether oxygens (including phenoxy) is 1. The van der Waals surface area contributed by atoms with Gasteiger partial charge in [-0.15, -0.1) is 0 Å². The summed E-state index contributed by atoms with van der Waals surface area (Å²) < 4.78 is 4.72. The molecule has 0 aromatic heterocycles. The van der Waals surface area contributed by atoms with Crippen LogP contribution >= 0.6 is 0 Å². The largest absolute Gasteiger partial charge is 0.465 e. The van der Waals surface area contributed by atoms with Crippen LogP contribution in [0.2, 0.25) is 0 Å². The molecule has 0 saturated carbocycles. The minimum absolute atomic E-state index is 0.0625. The monoisotopic (exact) mass is 242 g/mol. The van der Waals surface area contributed by atoms with Crippen molar-refractivity contribution < 1.29 is 19.1 Å². The highest BCUT2D eigenvalue weighted by atomic mass is 16.5. The lowest BCUT2D eigenvalue weighted by Gasteiger charge is -2.26. The van der Waals surface area contributed by atoms with Gasteiger partial charge in [-0.2, -0.15) is 0 Å². The van der Waals surface area contributed by atoms with E-state index in [0.717, 1.165) is 0 Å². The third-order valence-corrected chi connectivity index (χ3v) is 2.66. The Kier molecular flexibility index (Phi) is 5.09. The number of carbonyl (C=O) groups is 3. The van der Waals surface area contributed by atoms with Gasteiger partial charge >= 0.3 is 5.97 Å². The average Bonchev–Trinajstić information content (AvgIpc) is 2.30. The Bertz CT molecular complexity index is 307. The van der Waals surface area contributed by atoms with Crippen molar-refractivity contribution in [1.29, 1.82) is 0 Å². The average molecular weight is 242 g/mol. The van der Waals surface area contributed by atoms with Gasteiger partial charge in [0.1, 0.15) is 11.8 Å². The van der Waals surface area contributed by atoms with Crippen molar-refractivity contribution >= 4 is 17.7 Å². The van der Waals surface area contributed by atoms with Gasteiger partial charge in [0.15, 0.2) is 0 Å². The van der Waals surface area contributed by atoms with Crippen LogP contribution in [-0.2, 0) is 19.1 Å². The van der Waals surface area contributed by atoms with Gasteiger partial charge in [0.05, 0.1) is 13.0 Å². The Morgan fingerprint density at radius 1 is 1.41 bits per heavy atom. The molecule has 0 bridgehead atoms. The van der Waals surface area contributed by atoms with Crippen molar-refractivity contribution in [3.8, 4) is 0 Å². The summed E-state index contributed by atoms with van der Waals surface area (Å²) in [5, 5.41) is 0. The Balaban J connectivity index is 2.38. The van der Waals surface area contributed by atoms with Crippen LogP contribution in [0.25, 0.3) is 0 Å². The number of nitrogens with zero attached hydrogens (tertiary/aromatic N) is 1. The van der Waals surface area contributed by atoms with E-state index in [1.54, 1.807) is 11.8 Å². The van der Waals surface area contributed by atoms with Gasteiger partial charge in [-0.25, -0.2) is 0 Å². The van der Waals surface area contributed by atoms with E-state index in [9.17, 15) is 14.4 Å². The molecule has 1 saturated heterocycles. The first-order valence-electron chi connectivity index (χ1n) is 5.76. The van der Waals surface area contributed by atoms with Crippen molar-refractivity contribution in [2.75, 3.05) is 19.7 Å². The molecule has 1 aliphatic heterocycles. The second-order valence-electron chi connectivity index (χ2n) is 3.98. The summed E-state index contributed by atoms with van der Waals surface area (Å²) in [5.74, 6) is -0.587. The van der Waals surface area contributed by atoms with E-state index in [1.165, 1.54) is 0 Å². The van der Waals surface area contributed by atoms with Gasteiger partial charge < -0.3 is 15.4 Å². The number of amides is 1. The smallest absolute Gasteiger partial charge is 0.323 e. The fourth-order valence-corrected chi connectivity index (χ4v) is 1.66.